The molecule has 0 amide bonds. The van der Waals surface area contributed by atoms with Crippen molar-refractivity contribution in [3.63, 3.8) is 0 Å². The van der Waals surface area contributed by atoms with Gasteiger partial charge in [-0.2, -0.15) is 0 Å². The highest BCUT2D eigenvalue weighted by molar-refractivity contribution is 7.92. The Labute approximate surface area is 101 Å². The van der Waals surface area contributed by atoms with Crippen LogP contribution in [0.25, 0.3) is 11.1 Å². The van der Waals surface area contributed by atoms with Crippen molar-refractivity contribution in [3.05, 3.63) is 54.6 Å². The van der Waals surface area contributed by atoms with E-state index < -0.39 is 10.0 Å². The summed E-state index contributed by atoms with van der Waals surface area (Å²) in [5.74, 6) is 0. The number of benzene rings is 2. The van der Waals surface area contributed by atoms with Gasteiger partial charge in [-0.1, -0.05) is 36.4 Å². The van der Waals surface area contributed by atoms with Gasteiger partial charge in [-0.15, -0.1) is 0 Å². The second-order valence-corrected chi connectivity index (χ2v) is 5.48. The minimum atomic E-state index is -3.24. The van der Waals surface area contributed by atoms with E-state index in [-0.39, 0.29) is 0 Å². The van der Waals surface area contributed by atoms with Gasteiger partial charge in [0.1, 0.15) is 0 Å². The molecule has 0 atom stereocenters. The van der Waals surface area contributed by atoms with E-state index in [0.717, 1.165) is 17.4 Å². The fourth-order valence-corrected chi connectivity index (χ4v) is 2.02. The molecule has 0 aromatic heterocycles. The average molecular weight is 246 g/mol. The summed E-state index contributed by atoms with van der Waals surface area (Å²) in [4.78, 5) is 0. The van der Waals surface area contributed by atoms with E-state index in [9.17, 15) is 8.42 Å². The Morgan fingerprint density at radius 3 is 2.24 bits per heavy atom. The van der Waals surface area contributed by atoms with Gasteiger partial charge in [0.15, 0.2) is 0 Å². The summed E-state index contributed by atoms with van der Waals surface area (Å²) in [6.45, 7) is 0. The van der Waals surface area contributed by atoms with Gasteiger partial charge < -0.3 is 0 Å². The minimum absolute atomic E-state index is 0.451. The van der Waals surface area contributed by atoms with Gasteiger partial charge in [0, 0.05) is 6.07 Å². The number of nitrogens with one attached hydrogen (secondary N) is 1. The highest BCUT2D eigenvalue weighted by atomic mass is 32.2. The molecule has 0 heterocycles. The Balaban J connectivity index is 2.25. The Morgan fingerprint density at radius 1 is 1.00 bits per heavy atom. The Hall–Kier alpha value is -1.81. The summed E-state index contributed by atoms with van der Waals surface area (Å²) in [5, 5.41) is 0. The van der Waals surface area contributed by atoms with Crippen molar-refractivity contribution in [3.8, 4) is 11.1 Å². The lowest BCUT2D eigenvalue weighted by molar-refractivity contribution is 0.607. The van der Waals surface area contributed by atoms with Crippen molar-refractivity contribution < 1.29 is 8.42 Å². The standard InChI is InChI=1S/C13H12NO2S/c1-17(15,16)14-13-9-7-12(8-10-13)11-5-3-2-4-6-11/h2-9,14H,1H3. The van der Waals surface area contributed by atoms with Crippen LogP contribution in [0.5, 0.6) is 0 Å². The first kappa shape index (κ1) is 11.7. The number of sulfonamides is 1. The van der Waals surface area contributed by atoms with Gasteiger partial charge in [0.05, 0.1) is 11.9 Å². The largest absolute Gasteiger partial charge is 0.283 e. The summed E-state index contributed by atoms with van der Waals surface area (Å²) in [6.07, 6.45) is 1.12. The van der Waals surface area contributed by atoms with Crippen LogP contribution in [0.1, 0.15) is 0 Å². The summed E-state index contributed by atoms with van der Waals surface area (Å²) < 4.78 is 24.4. The SMILES string of the molecule is CS(=O)(=O)Nc1[c]cc(-c2ccccc2)cc1. The molecule has 0 fully saturated rings. The molecule has 0 aliphatic rings. The van der Waals surface area contributed by atoms with Crippen LogP contribution in [0.4, 0.5) is 5.69 Å². The third-order valence-electron chi connectivity index (χ3n) is 2.22. The zero-order valence-electron chi connectivity index (χ0n) is 9.34. The first-order valence-electron chi connectivity index (χ1n) is 5.09. The molecule has 2 rings (SSSR count). The molecule has 0 saturated carbocycles. The molecule has 1 N–H and O–H groups in total. The topological polar surface area (TPSA) is 46.2 Å². The van der Waals surface area contributed by atoms with Crippen molar-refractivity contribution in [1.29, 1.82) is 0 Å². The van der Waals surface area contributed by atoms with Crippen molar-refractivity contribution in [1.82, 2.24) is 0 Å². The van der Waals surface area contributed by atoms with E-state index in [4.69, 9.17) is 0 Å². The van der Waals surface area contributed by atoms with Crippen molar-refractivity contribution >= 4 is 15.7 Å². The molecule has 1 radical (unpaired) electrons. The smallest absolute Gasteiger partial charge is 0.229 e. The van der Waals surface area contributed by atoms with Gasteiger partial charge in [-0.05, 0) is 23.3 Å². The molecule has 0 spiro atoms. The second kappa shape index (κ2) is 4.59. The summed E-state index contributed by atoms with van der Waals surface area (Å²) in [7, 11) is -3.24. The number of rotatable bonds is 3. The maximum atomic E-state index is 11.0. The molecule has 2 aromatic rings. The number of anilines is 1. The molecular formula is C13H12NO2S. The maximum absolute atomic E-state index is 11.0. The molecule has 0 bridgehead atoms. The monoisotopic (exact) mass is 246 g/mol. The highest BCUT2D eigenvalue weighted by Gasteiger charge is 2.02. The van der Waals surface area contributed by atoms with Crippen LogP contribution in [0.2, 0.25) is 0 Å². The van der Waals surface area contributed by atoms with Gasteiger partial charge >= 0.3 is 0 Å². The predicted octanol–water partition coefficient (Wildman–Crippen LogP) is 2.53. The minimum Gasteiger partial charge on any atom is -0.283 e. The Morgan fingerprint density at radius 2 is 1.71 bits per heavy atom. The van der Waals surface area contributed by atoms with E-state index in [0.29, 0.717) is 5.69 Å². The molecule has 0 aliphatic carbocycles. The van der Waals surface area contributed by atoms with Gasteiger partial charge in [0.2, 0.25) is 10.0 Å². The van der Waals surface area contributed by atoms with E-state index in [1.807, 2.05) is 36.4 Å². The third-order valence-corrected chi connectivity index (χ3v) is 2.81. The normalized spacial score (nSPS) is 11.1. The van der Waals surface area contributed by atoms with Gasteiger partial charge in [-0.3, -0.25) is 4.72 Å². The first-order valence-corrected chi connectivity index (χ1v) is 6.99. The molecular weight excluding hydrogens is 234 g/mol. The second-order valence-electron chi connectivity index (χ2n) is 3.73. The molecule has 87 valence electrons. The fourth-order valence-electron chi connectivity index (χ4n) is 1.50. The number of hydrogen-bond acceptors (Lipinski definition) is 2. The molecule has 0 aliphatic heterocycles. The summed E-state index contributed by atoms with van der Waals surface area (Å²) in [5.41, 5.74) is 2.53. The zero-order valence-corrected chi connectivity index (χ0v) is 10.2. The van der Waals surface area contributed by atoms with Crippen LogP contribution in [-0.4, -0.2) is 14.7 Å². The van der Waals surface area contributed by atoms with E-state index in [1.54, 1.807) is 12.1 Å². The zero-order chi connectivity index (χ0) is 12.3. The van der Waals surface area contributed by atoms with Crippen LogP contribution in [0.15, 0.2) is 48.5 Å². The maximum Gasteiger partial charge on any atom is 0.229 e. The van der Waals surface area contributed by atoms with Crippen molar-refractivity contribution in [2.75, 3.05) is 11.0 Å². The molecule has 0 unspecified atom stereocenters. The Kier molecular flexibility index (Phi) is 3.15. The van der Waals surface area contributed by atoms with Crippen LogP contribution >= 0.6 is 0 Å². The molecule has 3 nitrogen and oxygen atoms in total. The van der Waals surface area contributed by atoms with E-state index in [1.165, 1.54) is 0 Å². The first-order chi connectivity index (χ1) is 8.04. The van der Waals surface area contributed by atoms with Crippen LogP contribution in [0, 0.1) is 6.07 Å². The molecule has 0 saturated heterocycles. The van der Waals surface area contributed by atoms with Crippen molar-refractivity contribution in [2.45, 2.75) is 0 Å². The summed E-state index contributed by atoms with van der Waals surface area (Å²) in [6, 6.07) is 18.1. The predicted molar refractivity (Wildman–Crippen MR) is 69.2 cm³/mol. The lowest BCUT2D eigenvalue weighted by Gasteiger charge is -2.05. The van der Waals surface area contributed by atoms with Crippen LogP contribution in [-0.2, 0) is 10.0 Å². The molecule has 17 heavy (non-hydrogen) atoms. The fraction of sp³-hybridized carbons (Fsp3) is 0.0769. The van der Waals surface area contributed by atoms with Gasteiger partial charge in [0.25, 0.3) is 0 Å². The summed E-state index contributed by atoms with van der Waals surface area (Å²) >= 11 is 0. The third kappa shape index (κ3) is 3.32. The van der Waals surface area contributed by atoms with E-state index >= 15 is 0 Å². The Bertz CT molecular complexity index is 589. The van der Waals surface area contributed by atoms with E-state index in [2.05, 4.69) is 10.8 Å². The van der Waals surface area contributed by atoms with Gasteiger partial charge in [-0.25, -0.2) is 8.42 Å². The van der Waals surface area contributed by atoms with Crippen LogP contribution < -0.4 is 4.72 Å². The quantitative estimate of drug-likeness (QED) is 0.904. The average Bonchev–Trinajstić information content (AvgIpc) is 2.29. The molecule has 2 aromatic carbocycles. The lowest BCUT2D eigenvalue weighted by Crippen LogP contribution is -2.09. The van der Waals surface area contributed by atoms with Crippen LogP contribution in [0.3, 0.4) is 0 Å². The lowest BCUT2D eigenvalue weighted by atomic mass is 10.1. The highest BCUT2D eigenvalue weighted by Crippen LogP contribution is 2.20. The number of hydrogen-bond donors (Lipinski definition) is 1. The molecule has 4 heteroatoms. The van der Waals surface area contributed by atoms with Crippen molar-refractivity contribution in [2.24, 2.45) is 0 Å².